The van der Waals surface area contributed by atoms with Crippen molar-refractivity contribution in [2.45, 2.75) is 6.18 Å². The lowest BCUT2D eigenvalue weighted by Crippen LogP contribution is -2.12. The van der Waals surface area contributed by atoms with E-state index in [0.717, 1.165) is 16.9 Å². The maximum atomic E-state index is 13.0. The number of alkyl halides is 3. The predicted octanol–water partition coefficient (Wildman–Crippen LogP) is 4.21. The third-order valence-corrected chi connectivity index (χ3v) is 3.76. The van der Waals surface area contributed by atoms with Gasteiger partial charge in [-0.1, -0.05) is 18.2 Å². The molecule has 0 radical (unpaired) electrons. The average molecular weight is 411 g/mol. The Hall–Kier alpha value is -3.40. The highest BCUT2D eigenvalue weighted by Gasteiger charge is 2.33. The lowest BCUT2D eigenvalue weighted by molar-refractivity contribution is -0.141. The second kappa shape index (κ2) is 6.97. The van der Waals surface area contributed by atoms with Gasteiger partial charge in [-0.3, -0.25) is 0 Å². The summed E-state index contributed by atoms with van der Waals surface area (Å²) in [6.07, 6.45) is -3.63. The van der Waals surface area contributed by atoms with Gasteiger partial charge >= 0.3 is 12.1 Å². The second-order valence-corrected chi connectivity index (χ2v) is 5.49. The Bertz CT molecular complexity index is 1170. The molecule has 0 spiro atoms. The van der Waals surface area contributed by atoms with Gasteiger partial charge in [-0.05, 0) is 24.3 Å². The number of rotatable bonds is 3. The second-order valence-electron chi connectivity index (χ2n) is 5.49. The quantitative estimate of drug-likeness (QED) is 0.543. The van der Waals surface area contributed by atoms with Crippen LogP contribution in [-0.4, -0.2) is 30.8 Å². The maximum Gasteiger partial charge on any atom is 0.433 e. The molecule has 0 atom stereocenters. The molecule has 1 N–H and O–H groups in total. The number of fused-ring (bicyclic) bond motifs is 1. The number of nitrogens with zero attached hydrogens (tertiary/aromatic N) is 4. The molecule has 4 aromatic rings. The molecule has 7 nitrogen and oxygen atoms in total. The fourth-order valence-corrected chi connectivity index (χ4v) is 2.59. The topological polar surface area (TPSA) is 94.0 Å². The van der Waals surface area contributed by atoms with Gasteiger partial charge in [-0.15, -0.1) is 12.4 Å². The van der Waals surface area contributed by atoms with Gasteiger partial charge in [-0.25, -0.2) is 14.8 Å². The highest BCUT2D eigenvalue weighted by Crippen LogP contribution is 2.31. The summed E-state index contributed by atoms with van der Waals surface area (Å²) >= 11 is 0. The van der Waals surface area contributed by atoms with Gasteiger partial charge in [-0.2, -0.15) is 23.0 Å². The van der Waals surface area contributed by atoms with Crippen molar-refractivity contribution >= 4 is 29.3 Å². The zero-order chi connectivity index (χ0) is 19.2. The highest BCUT2D eigenvalue weighted by atomic mass is 35.5. The number of halogens is 4. The molecule has 4 rings (SSSR count). The summed E-state index contributed by atoms with van der Waals surface area (Å²) in [4.78, 5) is 18.4. The third kappa shape index (κ3) is 3.29. The van der Waals surface area contributed by atoms with Crippen molar-refractivity contribution in [1.82, 2.24) is 19.7 Å². The van der Waals surface area contributed by atoms with Gasteiger partial charge in [0.1, 0.15) is 11.4 Å². The number of furan rings is 1. The van der Waals surface area contributed by atoms with E-state index in [9.17, 15) is 18.0 Å². The fourth-order valence-electron chi connectivity index (χ4n) is 2.59. The maximum absolute atomic E-state index is 13.0. The Labute approximate surface area is 160 Å². The van der Waals surface area contributed by atoms with E-state index in [1.165, 1.54) is 12.1 Å². The molecule has 0 unspecified atom stereocenters. The molecule has 0 bridgehead atoms. The molecular formula is C17H10ClF3N4O3. The summed E-state index contributed by atoms with van der Waals surface area (Å²) in [5.41, 5.74) is -0.390. The number of hydrogen-bond acceptors (Lipinski definition) is 5. The Balaban J connectivity index is 0.00000225. The lowest BCUT2D eigenvalue weighted by atomic mass is 10.2. The Morgan fingerprint density at radius 2 is 1.86 bits per heavy atom. The van der Waals surface area contributed by atoms with Crippen molar-refractivity contribution in [3.63, 3.8) is 0 Å². The van der Waals surface area contributed by atoms with Crippen LogP contribution in [-0.2, 0) is 6.18 Å². The van der Waals surface area contributed by atoms with Crippen LogP contribution in [0.4, 0.5) is 13.2 Å². The van der Waals surface area contributed by atoms with Gasteiger partial charge in [0, 0.05) is 11.6 Å². The monoisotopic (exact) mass is 410 g/mol. The molecule has 0 fully saturated rings. The van der Waals surface area contributed by atoms with Crippen molar-refractivity contribution < 1.29 is 27.5 Å². The standard InChI is InChI=1S/C17H9F3N4O3.ClH/c18-17(19,20)13-7-8-21-16(22-13)24-10-4-2-1-3-9(10)14(23-24)11-5-6-12(27-11)15(25)26;/h1-8H,(H,25,26);1H. The van der Waals surface area contributed by atoms with Crippen LogP contribution in [0.3, 0.4) is 0 Å². The predicted molar refractivity (Wildman–Crippen MR) is 93.6 cm³/mol. The molecule has 0 saturated heterocycles. The summed E-state index contributed by atoms with van der Waals surface area (Å²) in [7, 11) is 0. The van der Waals surface area contributed by atoms with E-state index in [1.54, 1.807) is 24.3 Å². The molecule has 0 aliphatic carbocycles. The first kappa shape index (κ1) is 19.4. The zero-order valence-electron chi connectivity index (χ0n) is 13.7. The number of para-hydroxylation sites is 1. The van der Waals surface area contributed by atoms with Crippen molar-refractivity contribution in [2.75, 3.05) is 0 Å². The average Bonchev–Trinajstić information content (AvgIpc) is 3.26. The minimum absolute atomic E-state index is 0. The molecule has 0 saturated carbocycles. The molecule has 11 heteroatoms. The summed E-state index contributed by atoms with van der Waals surface area (Å²) in [5, 5.41) is 13.8. The zero-order valence-corrected chi connectivity index (χ0v) is 14.5. The van der Waals surface area contributed by atoms with Crippen LogP contribution in [0.25, 0.3) is 28.3 Å². The Morgan fingerprint density at radius 3 is 2.54 bits per heavy atom. The third-order valence-electron chi connectivity index (χ3n) is 3.76. The van der Waals surface area contributed by atoms with E-state index in [4.69, 9.17) is 9.52 Å². The molecule has 28 heavy (non-hydrogen) atoms. The van der Waals surface area contributed by atoms with Crippen molar-refractivity contribution in [2.24, 2.45) is 0 Å². The number of carboxylic acid groups (broad SMARTS) is 1. The van der Waals surface area contributed by atoms with Crippen LogP contribution in [0.1, 0.15) is 16.2 Å². The fraction of sp³-hybridized carbons (Fsp3) is 0.0588. The van der Waals surface area contributed by atoms with E-state index in [-0.39, 0.29) is 35.6 Å². The van der Waals surface area contributed by atoms with Gasteiger partial charge in [0.25, 0.3) is 5.95 Å². The van der Waals surface area contributed by atoms with Gasteiger partial charge < -0.3 is 9.52 Å². The van der Waals surface area contributed by atoms with E-state index in [1.807, 2.05) is 0 Å². The molecule has 0 amide bonds. The first-order valence-electron chi connectivity index (χ1n) is 7.56. The summed E-state index contributed by atoms with van der Waals surface area (Å²) in [6, 6.07) is 10.2. The first-order chi connectivity index (χ1) is 12.8. The smallest absolute Gasteiger partial charge is 0.433 e. The summed E-state index contributed by atoms with van der Waals surface area (Å²) < 4.78 is 45.3. The van der Waals surface area contributed by atoms with Crippen molar-refractivity contribution in [3.8, 4) is 17.4 Å². The van der Waals surface area contributed by atoms with Crippen LogP contribution in [0, 0.1) is 0 Å². The van der Waals surface area contributed by atoms with Crippen molar-refractivity contribution in [1.29, 1.82) is 0 Å². The molecule has 144 valence electrons. The largest absolute Gasteiger partial charge is 0.475 e. The minimum atomic E-state index is -4.62. The number of benzene rings is 1. The van der Waals surface area contributed by atoms with Gasteiger partial charge in [0.15, 0.2) is 5.76 Å². The van der Waals surface area contributed by atoms with Crippen LogP contribution in [0.15, 0.2) is 53.1 Å². The number of aromatic carboxylic acids is 1. The highest BCUT2D eigenvalue weighted by molar-refractivity contribution is 5.93. The molecule has 0 aliphatic rings. The van der Waals surface area contributed by atoms with Gasteiger partial charge in [0.2, 0.25) is 5.76 Å². The number of hydrogen-bond donors (Lipinski definition) is 1. The number of carbonyl (C=O) groups is 1. The van der Waals surface area contributed by atoms with Crippen LogP contribution in [0.5, 0.6) is 0 Å². The Kier molecular flexibility index (Phi) is 4.82. The molecule has 0 aliphatic heterocycles. The Morgan fingerprint density at radius 1 is 1.11 bits per heavy atom. The van der Waals surface area contributed by atoms with E-state index >= 15 is 0 Å². The number of carboxylic acids is 1. The molecular weight excluding hydrogens is 401 g/mol. The van der Waals surface area contributed by atoms with E-state index in [0.29, 0.717) is 10.9 Å². The van der Waals surface area contributed by atoms with E-state index < -0.39 is 17.8 Å². The first-order valence-corrected chi connectivity index (χ1v) is 7.56. The van der Waals surface area contributed by atoms with E-state index in [2.05, 4.69) is 15.1 Å². The van der Waals surface area contributed by atoms with Crippen LogP contribution < -0.4 is 0 Å². The lowest BCUT2D eigenvalue weighted by Gasteiger charge is -2.07. The normalized spacial score (nSPS) is 11.4. The van der Waals surface area contributed by atoms with Gasteiger partial charge in [0.05, 0.1) is 5.52 Å². The number of aromatic nitrogens is 4. The molecule has 3 heterocycles. The SMILES string of the molecule is Cl.O=C(O)c1ccc(-c2nn(-c3nccc(C(F)(F)F)n3)c3ccccc23)o1. The molecule has 1 aromatic carbocycles. The minimum Gasteiger partial charge on any atom is -0.475 e. The van der Waals surface area contributed by atoms with Crippen LogP contribution in [0.2, 0.25) is 0 Å². The molecule has 3 aromatic heterocycles. The van der Waals surface area contributed by atoms with Crippen molar-refractivity contribution in [3.05, 3.63) is 60.1 Å². The summed E-state index contributed by atoms with van der Waals surface area (Å²) in [5.74, 6) is -1.63. The van der Waals surface area contributed by atoms with Crippen LogP contribution >= 0.6 is 12.4 Å². The summed E-state index contributed by atoms with van der Waals surface area (Å²) in [6.45, 7) is 0.